The van der Waals surface area contributed by atoms with Crippen LogP contribution in [0.1, 0.15) is 0 Å². The summed E-state index contributed by atoms with van der Waals surface area (Å²) < 4.78 is 4.94. The standard InChI is InChI=1S/C16H17NO8/c18-11-12(19)14(15(21)22)24-16(13(11)20)25-17(23)10-6-5-8-3-1-2-4-9(8)7-10/h1-7,11-14,16,18-20,23H,(H,21,22)/t11-,12-,13+,14-,16?/m0/s1. The molecule has 3 rings (SSSR count). The van der Waals surface area contributed by atoms with E-state index in [1.54, 1.807) is 12.1 Å². The number of aliphatic carboxylic acids is 1. The predicted octanol–water partition coefficient (Wildman–Crippen LogP) is -0.141. The van der Waals surface area contributed by atoms with E-state index in [2.05, 4.69) is 0 Å². The third-order valence-electron chi connectivity index (χ3n) is 3.97. The summed E-state index contributed by atoms with van der Waals surface area (Å²) in [4.78, 5) is 16.1. The van der Waals surface area contributed by atoms with Crippen molar-refractivity contribution < 1.29 is 40.0 Å². The maximum atomic E-state index is 11.1. The fraction of sp³-hybridized carbons (Fsp3) is 0.312. The topological polar surface area (TPSA) is 140 Å². The second-order valence-corrected chi connectivity index (χ2v) is 5.64. The Morgan fingerprint density at radius 2 is 1.68 bits per heavy atom. The molecule has 1 saturated heterocycles. The van der Waals surface area contributed by atoms with Crippen molar-refractivity contribution in [1.82, 2.24) is 0 Å². The van der Waals surface area contributed by atoms with Gasteiger partial charge in [0, 0.05) is 0 Å². The van der Waals surface area contributed by atoms with Crippen molar-refractivity contribution >= 4 is 22.4 Å². The molecule has 0 saturated carbocycles. The molecule has 5 atom stereocenters. The molecular weight excluding hydrogens is 334 g/mol. The third kappa shape index (κ3) is 3.42. The smallest absolute Gasteiger partial charge is 0.335 e. The summed E-state index contributed by atoms with van der Waals surface area (Å²) >= 11 is 0. The molecule has 1 heterocycles. The maximum absolute atomic E-state index is 11.1. The zero-order valence-electron chi connectivity index (χ0n) is 12.8. The first kappa shape index (κ1) is 17.5. The molecular formula is C16H17NO8. The van der Waals surface area contributed by atoms with E-state index in [0.29, 0.717) is 5.23 Å². The van der Waals surface area contributed by atoms with Crippen molar-refractivity contribution in [3.8, 4) is 0 Å². The Morgan fingerprint density at radius 3 is 2.36 bits per heavy atom. The van der Waals surface area contributed by atoms with Crippen LogP contribution in [0.15, 0.2) is 42.5 Å². The van der Waals surface area contributed by atoms with Crippen molar-refractivity contribution in [3.05, 3.63) is 42.5 Å². The van der Waals surface area contributed by atoms with Gasteiger partial charge in [0.15, 0.2) is 6.10 Å². The summed E-state index contributed by atoms with van der Waals surface area (Å²) in [5.41, 5.74) is 0.196. The molecule has 1 aliphatic rings. The quantitative estimate of drug-likeness (QED) is 0.476. The molecule has 25 heavy (non-hydrogen) atoms. The van der Waals surface area contributed by atoms with Gasteiger partial charge in [-0.3, -0.25) is 5.21 Å². The molecule has 9 heteroatoms. The van der Waals surface area contributed by atoms with Crippen molar-refractivity contribution in [3.63, 3.8) is 0 Å². The van der Waals surface area contributed by atoms with Crippen LogP contribution in [-0.2, 0) is 14.4 Å². The maximum Gasteiger partial charge on any atom is 0.335 e. The molecule has 0 spiro atoms. The fourth-order valence-corrected chi connectivity index (χ4v) is 2.59. The number of hydrogen-bond donors (Lipinski definition) is 5. The number of fused-ring (bicyclic) bond motifs is 1. The van der Waals surface area contributed by atoms with E-state index in [1.807, 2.05) is 24.3 Å². The fourth-order valence-electron chi connectivity index (χ4n) is 2.59. The van der Waals surface area contributed by atoms with E-state index in [1.165, 1.54) is 6.07 Å². The van der Waals surface area contributed by atoms with Gasteiger partial charge in [-0.15, -0.1) is 5.23 Å². The Morgan fingerprint density at radius 1 is 1.00 bits per heavy atom. The summed E-state index contributed by atoms with van der Waals surface area (Å²) in [6, 6.07) is 12.2. The van der Waals surface area contributed by atoms with Crippen LogP contribution >= 0.6 is 0 Å². The van der Waals surface area contributed by atoms with Gasteiger partial charge in [0.25, 0.3) is 0 Å². The number of carboxylic acids is 1. The molecule has 5 N–H and O–H groups in total. The lowest BCUT2D eigenvalue weighted by Crippen LogP contribution is -2.61. The van der Waals surface area contributed by atoms with E-state index in [4.69, 9.17) is 14.7 Å². The number of ether oxygens (including phenoxy) is 1. The molecule has 2 aromatic carbocycles. The molecule has 0 bridgehead atoms. The van der Waals surface area contributed by atoms with Gasteiger partial charge in [-0.1, -0.05) is 30.3 Å². The Kier molecular flexibility index (Phi) is 4.86. The summed E-state index contributed by atoms with van der Waals surface area (Å²) in [6.45, 7) is 0. The molecule has 1 aliphatic heterocycles. The minimum Gasteiger partial charge on any atom is -0.479 e. The highest BCUT2D eigenvalue weighted by Crippen LogP contribution is 2.26. The summed E-state index contributed by atoms with van der Waals surface area (Å²) in [6.07, 6.45) is -8.92. The Balaban J connectivity index is 1.78. The first-order valence-corrected chi connectivity index (χ1v) is 7.45. The lowest BCUT2D eigenvalue weighted by molar-refractivity contribution is -0.313. The first-order valence-electron chi connectivity index (χ1n) is 7.45. The lowest BCUT2D eigenvalue weighted by atomic mass is 9.99. The average Bonchev–Trinajstić information content (AvgIpc) is 2.61. The second kappa shape index (κ2) is 6.92. The van der Waals surface area contributed by atoms with Crippen LogP contribution in [0.5, 0.6) is 0 Å². The number of benzene rings is 2. The van der Waals surface area contributed by atoms with Gasteiger partial charge < -0.3 is 25.2 Å². The van der Waals surface area contributed by atoms with Crippen LogP contribution < -0.4 is 5.23 Å². The number of carboxylic acid groups (broad SMARTS) is 1. The van der Waals surface area contributed by atoms with Gasteiger partial charge in [0.1, 0.15) is 18.3 Å². The Bertz CT molecular complexity index is 769. The molecule has 0 radical (unpaired) electrons. The molecule has 9 nitrogen and oxygen atoms in total. The van der Waals surface area contributed by atoms with Crippen LogP contribution in [0.2, 0.25) is 0 Å². The number of rotatable bonds is 4. The summed E-state index contributed by atoms with van der Waals surface area (Å²) in [7, 11) is 0. The van der Waals surface area contributed by atoms with Crippen LogP contribution in [-0.4, -0.2) is 62.3 Å². The van der Waals surface area contributed by atoms with Crippen molar-refractivity contribution in [1.29, 1.82) is 0 Å². The normalized spacial score (nSPS) is 29.5. The molecule has 1 fully saturated rings. The summed E-state index contributed by atoms with van der Waals surface area (Å²) in [5.74, 6) is -1.54. The SMILES string of the molecule is O=C(O)[C@H]1OC(ON(O)c2ccc3ccccc3c2)[C@H](O)[C@@H](O)[C@@H]1O. The largest absolute Gasteiger partial charge is 0.479 e. The third-order valence-corrected chi connectivity index (χ3v) is 3.97. The van der Waals surface area contributed by atoms with Gasteiger partial charge in [0.05, 0.1) is 5.69 Å². The second-order valence-electron chi connectivity index (χ2n) is 5.64. The Hall–Kier alpha value is -2.27. The van der Waals surface area contributed by atoms with E-state index >= 15 is 0 Å². The molecule has 2 aromatic rings. The molecule has 0 aromatic heterocycles. The van der Waals surface area contributed by atoms with E-state index in [9.17, 15) is 25.3 Å². The number of hydrogen-bond acceptors (Lipinski definition) is 8. The van der Waals surface area contributed by atoms with Crippen molar-refractivity contribution in [2.45, 2.75) is 30.7 Å². The number of aliphatic hydroxyl groups excluding tert-OH is 3. The van der Waals surface area contributed by atoms with E-state index in [0.717, 1.165) is 10.8 Å². The van der Waals surface area contributed by atoms with Crippen LogP contribution in [0, 0.1) is 0 Å². The van der Waals surface area contributed by atoms with Gasteiger partial charge in [-0.25, -0.2) is 9.63 Å². The number of nitrogens with zero attached hydrogens (tertiary/aromatic N) is 1. The highest BCUT2D eigenvalue weighted by molar-refractivity contribution is 5.85. The first-order chi connectivity index (χ1) is 11.9. The number of aliphatic hydroxyl groups is 3. The Labute approximate surface area is 141 Å². The van der Waals surface area contributed by atoms with Crippen LogP contribution in [0.4, 0.5) is 5.69 Å². The van der Waals surface area contributed by atoms with Gasteiger partial charge >= 0.3 is 5.97 Å². The van der Waals surface area contributed by atoms with Crippen LogP contribution in [0.3, 0.4) is 0 Å². The molecule has 1 unspecified atom stereocenters. The van der Waals surface area contributed by atoms with Crippen molar-refractivity contribution in [2.75, 3.05) is 5.23 Å². The molecule has 0 aliphatic carbocycles. The molecule has 134 valence electrons. The minimum absolute atomic E-state index is 0.196. The van der Waals surface area contributed by atoms with Gasteiger partial charge in [0.2, 0.25) is 6.29 Å². The number of carbonyl (C=O) groups is 1. The van der Waals surface area contributed by atoms with Gasteiger partial charge in [-0.2, -0.15) is 0 Å². The van der Waals surface area contributed by atoms with Crippen LogP contribution in [0.25, 0.3) is 10.8 Å². The van der Waals surface area contributed by atoms with E-state index < -0.39 is 36.7 Å². The van der Waals surface area contributed by atoms with Gasteiger partial charge in [-0.05, 0) is 22.9 Å². The highest BCUT2D eigenvalue weighted by atomic mass is 16.9. The average molecular weight is 351 g/mol. The number of anilines is 1. The predicted molar refractivity (Wildman–Crippen MR) is 83.6 cm³/mol. The highest BCUT2D eigenvalue weighted by Gasteiger charge is 2.48. The monoisotopic (exact) mass is 351 g/mol. The minimum atomic E-state index is -1.83. The van der Waals surface area contributed by atoms with Crippen molar-refractivity contribution in [2.24, 2.45) is 0 Å². The molecule has 0 amide bonds. The zero-order valence-corrected chi connectivity index (χ0v) is 12.8. The lowest BCUT2D eigenvalue weighted by Gasteiger charge is -2.38. The summed E-state index contributed by atoms with van der Waals surface area (Å²) in [5, 5.41) is 50.3. The van der Waals surface area contributed by atoms with E-state index in [-0.39, 0.29) is 5.69 Å². The zero-order chi connectivity index (χ0) is 18.1.